The molecule has 0 aromatic heterocycles. The molecule has 0 aliphatic carbocycles. The summed E-state index contributed by atoms with van der Waals surface area (Å²) in [6, 6.07) is 6.97. The third-order valence-corrected chi connectivity index (χ3v) is 12.6. The number of benzene rings is 2. The molecule has 0 spiro atoms. The van der Waals surface area contributed by atoms with Crippen molar-refractivity contribution in [2.45, 2.75) is 136 Å². The van der Waals surface area contributed by atoms with Gasteiger partial charge in [-0.15, -0.1) is 0 Å². The zero-order chi connectivity index (χ0) is 40.5. The van der Waals surface area contributed by atoms with Crippen LogP contribution in [-0.2, 0) is 35.4 Å². The van der Waals surface area contributed by atoms with Gasteiger partial charge in [0.15, 0.2) is 21.4 Å². The van der Waals surface area contributed by atoms with E-state index in [0.717, 1.165) is 25.7 Å². The van der Waals surface area contributed by atoms with E-state index < -0.39 is 51.4 Å². The van der Waals surface area contributed by atoms with Crippen molar-refractivity contribution < 1.29 is 37.8 Å². The van der Waals surface area contributed by atoms with Gasteiger partial charge in [0.05, 0.1) is 23.5 Å². The second-order valence-electron chi connectivity index (χ2n) is 15.6. The van der Waals surface area contributed by atoms with Crippen LogP contribution in [0.3, 0.4) is 0 Å². The molecule has 55 heavy (non-hydrogen) atoms. The molecule has 0 saturated heterocycles. The van der Waals surface area contributed by atoms with Gasteiger partial charge >= 0.3 is 0 Å². The van der Waals surface area contributed by atoms with Crippen molar-refractivity contribution in [1.29, 1.82) is 0 Å². The number of phenolic OH excluding ortho intramolecular Hbond substituents is 2. The third-order valence-electron chi connectivity index (χ3n) is 10.8. The number of nitrogens with one attached hydrogen (secondary N) is 1. The Morgan fingerprint density at radius 3 is 2.04 bits per heavy atom. The number of amides is 2. The molecule has 4 atom stereocenters. The number of likely N-dealkylation sites (N-methyl/N-ethyl adjacent to an activating group) is 1. The first-order valence-corrected chi connectivity index (χ1v) is 22.2. The average Bonchev–Trinajstić information content (AvgIpc) is 3.13. The number of carbonyl (C=O) groups is 4. The molecule has 2 aromatic rings. The number of nitrogens with zero attached hydrogens (tertiary/aromatic N) is 1. The van der Waals surface area contributed by atoms with Crippen molar-refractivity contribution in [3.8, 4) is 22.6 Å². The number of hydrogen-bond acceptors (Lipinski definition) is 9. The largest absolute Gasteiger partial charge is 0.507 e. The predicted molar refractivity (Wildman–Crippen MR) is 217 cm³/mol. The van der Waals surface area contributed by atoms with Crippen LogP contribution in [0, 0.1) is 11.8 Å². The van der Waals surface area contributed by atoms with Crippen molar-refractivity contribution in [3.63, 3.8) is 0 Å². The van der Waals surface area contributed by atoms with Gasteiger partial charge in [-0.25, -0.2) is 8.42 Å². The third kappa shape index (κ3) is 14.4. The maximum absolute atomic E-state index is 14.4. The van der Waals surface area contributed by atoms with E-state index in [1.807, 2.05) is 0 Å². The first kappa shape index (κ1) is 45.6. The van der Waals surface area contributed by atoms with Crippen LogP contribution in [-0.4, -0.2) is 78.1 Å². The van der Waals surface area contributed by atoms with E-state index in [4.69, 9.17) is 5.73 Å². The lowest BCUT2D eigenvalue weighted by Crippen LogP contribution is -2.45. The van der Waals surface area contributed by atoms with Crippen LogP contribution in [0.1, 0.15) is 134 Å². The van der Waals surface area contributed by atoms with Gasteiger partial charge < -0.3 is 26.2 Å². The Bertz CT molecular complexity index is 1690. The summed E-state index contributed by atoms with van der Waals surface area (Å²) in [7, 11) is -2.16. The summed E-state index contributed by atoms with van der Waals surface area (Å²) in [5.74, 6) is -4.29. The molecular formula is C43H65N3O8S. The fraction of sp³-hybridized carbons (Fsp3) is 0.628. The van der Waals surface area contributed by atoms with Gasteiger partial charge in [0.2, 0.25) is 11.8 Å². The van der Waals surface area contributed by atoms with Gasteiger partial charge in [0.1, 0.15) is 17.5 Å². The highest BCUT2D eigenvalue weighted by molar-refractivity contribution is 7.91. The number of rotatable bonds is 21. The molecule has 5 N–H and O–H groups in total. The fourth-order valence-corrected chi connectivity index (χ4v) is 9.18. The van der Waals surface area contributed by atoms with Crippen molar-refractivity contribution in [3.05, 3.63) is 47.5 Å². The predicted octanol–water partition coefficient (Wildman–Crippen LogP) is 6.96. The standard InChI is InChI=1S/C43H65N3O8S/c1-5-6-7-8-9-10-11-12-13-14-17-24-55(53,54)29-34(18-15-16-23-44)43(52)46(4)41-33-20-22-39(49)36(28-33)35-26-32(19-21-38(35)48)27-37(31(3)47)45-42(51)30(2)25-40(41)50/h19-22,26,28,30,34,37,41,48-49H,5-18,23-25,27,29,44H2,1-4H3,(H,45,51)/t30-,34-,37+,41+/m1/s1. The maximum atomic E-state index is 14.4. The number of hydrogen-bond donors (Lipinski definition) is 4. The van der Waals surface area contributed by atoms with E-state index in [1.54, 1.807) is 19.1 Å². The second-order valence-corrected chi connectivity index (χ2v) is 17.8. The van der Waals surface area contributed by atoms with Crippen LogP contribution >= 0.6 is 0 Å². The molecule has 4 bridgehead atoms. The minimum absolute atomic E-state index is 0.0193. The monoisotopic (exact) mass is 783 g/mol. The molecule has 1 aliphatic heterocycles. The Morgan fingerprint density at radius 2 is 1.44 bits per heavy atom. The van der Waals surface area contributed by atoms with Crippen LogP contribution in [0.15, 0.2) is 36.4 Å². The van der Waals surface area contributed by atoms with E-state index in [0.29, 0.717) is 36.9 Å². The van der Waals surface area contributed by atoms with Crippen LogP contribution < -0.4 is 11.1 Å². The molecular weight excluding hydrogens is 719 g/mol. The number of fused-ring (bicyclic) bond motifs is 5. The van der Waals surface area contributed by atoms with Gasteiger partial charge in [-0.3, -0.25) is 19.2 Å². The van der Waals surface area contributed by atoms with Gasteiger partial charge in [0.25, 0.3) is 0 Å². The number of sulfone groups is 1. The molecule has 11 nitrogen and oxygen atoms in total. The molecule has 1 aliphatic rings. The SMILES string of the molecule is CCCCCCCCCCCCCS(=O)(=O)C[C@@H](CCCCN)C(=O)N(C)[C@@H]1C(=O)C[C@@H](C)C(=O)N[C@H](C(C)=O)Cc2ccc(O)c(c2)-c2cc1ccc2O. The summed E-state index contributed by atoms with van der Waals surface area (Å²) in [6.07, 6.45) is 13.3. The average molecular weight is 784 g/mol. The van der Waals surface area contributed by atoms with Gasteiger partial charge in [0, 0.05) is 30.5 Å². The highest BCUT2D eigenvalue weighted by Crippen LogP contribution is 2.39. The highest BCUT2D eigenvalue weighted by Gasteiger charge is 2.36. The highest BCUT2D eigenvalue weighted by atomic mass is 32.2. The smallest absolute Gasteiger partial charge is 0.227 e. The first-order chi connectivity index (χ1) is 26.2. The normalized spacial score (nSPS) is 18.3. The molecule has 0 saturated carbocycles. The summed E-state index contributed by atoms with van der Waals surface area (Å²) < 4.78 is 27.0. The van der Waals surface area contributed by atoms with Crippen molar-refractivity contribution in [2.75, 3.05) is 25.1 Å². The molecule has 3 rings (SSSR count). The molecule has 1 heterocycles. The Labute approximate surface area is 328 Å². The number of phenols is 2. The Kier molecular flexibility index (Phi) is 18.8. The fourth-order valence-electron chi connectivity index (χ4n) is 7.45. The number of ketones is 2. The number of nitrogens with two attached hydrogens (primary N) is 1. The van der Waals surface area contributed by atoms with Crippen molar-refractivity contribution in [1.82, 2.24) is 10.2 Å². The van der Waals surface area contributed by atoms with Crippen LogP contribution in [0.4, 0.5) is 0 Å². The second kappa shape index (κ2) is 22.7. The molecule has 2 amide bonds. The van der Waals surface area contributed by atoms with Crippen LogP contribution in [0.5, 0.6) is 11.5 Å². The molecule has 306 valence electrons. The number of Topliss-reactive ketones (excluding diaryl/α,β-unsaturated/α-hetero) is 2. The van der Waals surface area contributed by atoms with E-state index in [9.17, 15) is 37.8 Å². The Balaban J connectivity index is 1.87. The zero-order valence-electron chi connectivity index (χ0n) is 33.5. The van der Waals surface area contributed by atoms with E-state index in [-0.39, 0.29) is 59.2 Å². The Morgan fingerprint density at radius 1 is 0.855 bits per heavy atom. The van der Waals surface area contributed by atoms with Crippen molar-refractivity contribution in [2.24, 2.45) is 17.6 Å². The number of aromatic hydroxyl groups is 2. The molecule has 0 radical (unpaired) electrons. The van der Waals surface area contributed by atoms with E-state index >= 15 is 0 Å². The van der Waals surface area contributed by atoms with E-state index in [1.165, 1.54) is 81.7 Å². The summed E-state index contributed by atoms with van der Waals surface area (Å²) >= 11 is 0. The summed E-state index contributed by atoms with van der Waals surface area (Å²) in [6.45, 7) is 5.53. The van der Waals surface area contributed by atoms with Gasteiger partial charge in [-0.05, 0) is 74.5 Å². The Hall–Kier alpha value is -3.77. The van der Waals surface area contributed by atoms with Crippen LogP contribution in [0.25, 0.3) is 11.1 Å². The zero-order valence-corrected chi connectivity index (χ0v) is 34.3. The summed E-state index contributed by atoms with van der Waals surface area (Å²) in [5.41, 5.74) is 7.15. The quantitative estimate of drug-likeness (QED) is 0.0973. The van der Waals surface area contributed by atoms with E-state index in [2.05, 4.69) is 12.2 Å². The van der Waals surface area contributed by atoms with Crippen LogP contribution in [0.2, 0.25) is 0 Å². The number of unbranched alkanes of at least 4 members (excludes halogenated alkanes) is 11. The minimum Gasteiger partial charge on any atom is -0.507 e. The molecule has 0 fully saturated rings. The minimum atomic E-state index is -3.62. The number of carbonyl (C=O) groups excluding carboxylic acids is 4. The summed E-state index contributed by atoms with van der Waals surface area (Å²) in [4.78, 5) is 55.8. The lowest BCUT2D eigenvalue weighted by Gasteiger charge is -2.32. The first-order valence-electron chi connectivity index (χ1n) is 20.3. The lowest BCUT2D eigenvalue weighted by atomic mass is 9.89. The van der Waals surface area contributed by atoms with Crippen molar-refractivity contribution >= 4 is 33.2 Å². The van der Waals surface area contributed by atoms with Gasteiger partial charge in [-0.1, -0.05) is 96.6 Å². The molecule has 0 unspecified atom stereocenters. The molecule has 2 aromatic carbocycles. The molecule has 12 heteroatoms. The maximum Gasteiger partial charge on any atom is 0.227 e. The van der Waals surface area contributed by atoms with Gasteiger partial charge in [-0.2, -0.15) is 0 Å². The summed E-state index contributed by atoms with van der Waals surface area (Å²) in [5, 5.41) is 24.6. The lowest BCUT2D eigenvalue weighted by molar-refractivity contribution is -0.142. The topological polar surface area (TPSA) is 184 Å².